The standard InChI is InChI=1S/C21H23ClN4O5S/c1-29-18-8-7-17(13-19(18)30-2)32(27,28)26-11-9-25(10-12-26)14-20-23-21(24-31-20)15-3-5-16(22)6-4-15/h3-8,13H,9-12,14H2,1-2H3. The molecule has 170 valence electrons. The number of ether oxygens (including phenoxy) is 2. The highest BCUT2D eigenvalue weighted by atomic mass is 35.5. The molecule has 0 spiro atoms. The topological polar surface area (TPSA) is 98.0 Å². The summed E-state index contributed by atoms with van der Waals surface area (Å²) in [6.45, 7) is 2.25. The van der Waals surface area contributed by atoms with Gasteiger partial charge in [-0.1, -0.05) is 16.8 Å². The van der Waals surface area contributed by atoms with Crippen LogP contribution in [0.2, 0.25) is 5.02 Å². The first-order valence-corrected chi connectivity index (χ1v) is 11.8. The van der Waals surface area contributed by atoms with Gasteiger partial charge < -0.3 is 14.0 Å². The summed E-state index contributed by atoms with van der Waals surface area (Å²) in [5, 5.41) is 4.66. The second-order valence-corrected chi connectivity index (χ2v) is 9.59. The highest BCUT2D eigenvalue weighted by Gasteiger charge is 2.30. The Hall–Kier alpha value is -2.66. The molecule has 1 aliphatic rings. The number of sulfonamides is 1. The Labute approximate surface area is 191 Å². The van der Waals surface area contributed by atoms with Gasteiger partial charge in [-0.15, -0.1) is 0 Å². The first-order chi connectivity index (χ1) is 15.4. The molecule has 1 aromatic heterocycles. The monoisotopic (exact) mass is 478 g/mol. The third-order valence-electron chi connectivity index (χ3n) is 5.25. The Morgan fingerprint density at radius 3 is 2.34 bits per heavy atom. The van der Waals surface area contributed by atoms with E-state index in [-0.39, 0.29) is 4.90 Å². The van der Waals surface area contributed by atoms with Gasteiger partial charge in [0, 0.05) is 42.8 Å². The summed E-state index contributed by atoms with van der Waals surface area (Å²) in [6, 6.07) is 11.8. The van der Waals surface area contributed by atoms with Crippen molar-refractivity contribution in [3.8, 4) is 22.9 Å². The van der Waals surface area contributed by atoms with E-state index >= 15 is 0 Å². The zero-order valence-corrected chi connectivity index (χ0v) is 19.3. The summed E-state index contributed by atoms with van der Waals surface area (Å²) < 4.78 is 43.4. The van der Waals surface area contributed by atoms with Gasteiger partial charge >= 0.3 is 0 Å². The van der Waals surface area contributed by atoms with Crippen LogP contribution in [0.1, 0.15) is 5.89 Å². The van der Waals surface area contributed by atoms with E-state index in [4.69, 9.17) is 25.6 Å². The zero-order chi connectivity index (χ0) is 22.7. The van der Waals surface area contributed by atoms with Crippen molar-refractivity contribution in [3.05, 3.63) is 53.4 Å². The largest absolute Gasteiger partial charge is 0.493 e. The molecule has 2 heterocycles. The predicted octanol–water partition coefficient (Wildman–Crippen LogP) is 2.91. The summed E-state index contributed by atoms with van der Waals surface area (Å²) in [4.78, 5) is 6.69. The Morgan fingerprint density at radius 2 is 1.69 bits per heavy atom. The average Bonchev–Trinajstić information content (AvgIpc) is 3.27. The number of hydrogen-bond donors (Lipinski definition) is 0. The third-order valence-corrected chi connectivity index (χ3v) is 7.40. The smallest absolute Gasteiger partial charge is 0.243 e. The predicted molar refractivity (Wildman–Crippen MR) is 118 cm³/mol. The summed E-state index contributed by atoms with van der Waals surface area (Å²) in [7, 11) is -0.660. The Kier molecular flexibility index (Phi) is 6.66. The molecule has 0 radical (unpaired) electrons. The van der Waals surface area contributed by atoms with Crippen LogP contribution in [-0.4, -0.2) is 68.2 Å². The van der Waals surface area contributed by atoms with Crippen molar-refractivity contribution < 1.29 is 22.4 Å². The Bertz CT molecular complexity index is 1180. The first kappa shape index (κ1) is 22.5. The maximum Gasteiger partial charge on any atom is 0.243 e. The van der Waals surface area contributed by atoms with Gasteiger partial charge in [-0.25, -0.2) is 8.42 Å². The van der Waals surface area contributed by atoms with Gasteiger partial charge in [0.15, 0.2) is 11.5 Å². The van der Waals surface area contributed by atoms with Crippen LogP contribution in [0.15, 0.2) is 51.9 Å². The maximum atomic E-state index is 13.1. The number of rotatable bonds is 7. The fraction of sp³-hybridized carbons (Fsp3) is 0.333. The van der Waals surface area contributed by atoms with E-state index < -0.39 is 10.0 Å². The maximum absolute atomic E-state index is 13.1. The molecule has 0 amide bonds. The van der Waals surface area contributed by atoms with Crippen LogP contribution in [0.25, 0.3) is 11.4 Å². The minimum atomic E-state index is -3.64. The molecular formula is C21H23ClN4O5S. The SMILES string of the molecule is COc1ccc(S(=O)(=O)N2CCN(Cc3nc(-c4ccc(Cl)cc4)no3)CC2)cc1OC. The molecule has 9 nitrogen and oxygen atoms in total. The summed E-state index contributed by atoms with van der Waals surface area (Å²) in [5.41, 5.74) is 0.815. The van der Waals surface area contributed by atoms with E-state index in [0.29, 0.717) is 61.0 Å². The van der Waals surface area contributed by atoms with Crippen molar-refractivity contribution in [2.45, 2.75) is 11.4 Å². The minimum absolute atomic E-state index is 0.174. The number of halogens is 1. The number of methoxy groups -OCH3 is 2. The van der Waals surface area contributed by atoms with Crippen LogP contribution >= 0.6 is 11.6 Å². The van der Waals surface area contributed by atoms with Gasteiger partial charge in [-0.3, -0.25) is 4.90 Å². The van der Waals surface area contributed by atoms with Gasteiger partial charge in [0.2, 0.25) is 21.7 Å². The van der Waals surface area contributed by atoms with Crippen LogP contribution in [0.5, 0.6) is 11.5 Å². The number of nitrogens with zero attached hydrogens (tertiary/aromatic N) is 4. The fourth-order valence-electron chi connectivity index (χ4n) is 3.48. The quantitative estimate of drug-likeness (QED) is 0.511. The highest BCUT2D eigenvalue weighted by Crippen LogP contribution is 2.31. The zero-order valence-electron chi connectivity index (χ0n) is 17.7. The van der Waals surface area contributed by atoms with Crippen molar-refractivity contribution >= 4 is 21.6 Å². The van der Waals surface area contributed by atoms with E-state index in [1.165, 1.54) is 30.7 Å². The third kappa shape index (κ3) is 4.73. The lowest BCUT2D eigenvalue weighted by molar-refractivity contribution is 0.163. The molecule has 4 rings (SSSR count). The molecule has 0 N–H and O–H groups in total. The number of piperazine rings is 1. The van der Waals surface area contributed by atoms with E-state index in [0.717, 1.165) is 5.56 Å². The number of aromatic nitrogens is 2. The normalized spacial score (nSPS) is 15.6. The van der Waals surface area contributed by atoms with Gasteiger partial charge in [0.05, 0.1) is 25.7 Å². The molecule has 1 fully saturated rings. The lowest BCUT2D eigenvalue weighted by Crippen LogP contribution is -2.48. The molecule has 0 atom stereocenters. The molecule has 0 saturated carbocycles. The Morgan fingerprint density at radius 1 is 1.00 bits per heavy atom. The van der Waals surface area contributed by atoms with Crippen molar-refractivity contribution in [1.82, 2.24) is 19.3 Å². The van der Waals surface area contributed by atoms with E-state index in [1.807, 2.05) is 12.1 Å². The summed E-state index contributed by atoms with van der Waals surface area (Å²) in [6.07, 6.45) is 0. The summed E-state index contributed by atoms with van der Waals surface area (Å²) >= 11 is 5.92. The second-order valence-electron chi connectivity index (χ2n) is 7.22. The average molecular weight is 479 g/mol. The van der Waals surface area contributed by atoms with Crippen LogP contribution < -0.4 is 9.47 Å². The van der Waals surface area contributed by atoms with Gasteiger partial charge in [-0.05, 0) is 36.4 Å². The fourth-order valence-corrected chi connectivity index (χ4v) is 5.04. The summed E-state index contributed by atoms with van der Waals surface area (Å²) in [5.74, 6) is 1.83. The van der Waals surface area contributed by atoms with Crippen LogP contribution in [0.4, 0.5) is 0 Å². The molecular weight excluding hydrogens is 456 g/mol. The van der Waals surface area contributed by atoms with Gasteiger partial charge in [-0.2, -0.15) is 9.29 Å². The van der Waals surface area contributed by atoms with E-state index in [2.05, 4.69) is 15.0 Å². The van der Waals surface area contributed by atoms with Crippen molar-refractivity contribution in [2.24, 2.45) is 0 Å². The van der Waals surface area contributed by atoms with Crippen LogP contribution in [0, 0.1) is 0 Å². The molecule has 3 aromatic rings. The molecule has 1 saturated heterocycles. The van der Waals surface area contributed by atoms with Crippen LogP contribution in [-0.2, 0) is 16.6 Å². The lowest BCUT2D eigenvalue weighted by atomic mass is 10.2. The molecule has 0 aliphatic carbocycles. The molecule has 11 heteroatoms. The van der Waals surface area contributed by atoms with Crippen LogP contribution in [0.3, 0.4) is 0 Å². The number of hydrogen-bond acceptors (Lipinski definition) is 8. The molecule has 2 aromatic carbocycles. The molecule has 1 aliphatic heterocycles. The van der Waals surface area contributed by atoms with Crippen molar-refractivity contribution in [3.63, 3.8) is 0 Å². The minimum Gasteiger partial charge on any atom is -0.493 e. The number of benzene rings is 2. The molecule has 32 heavy (non-hydrogen) atoms. The Balaban J connectivity index is 1.38. The van der Waals surface area contributed by atoms with Gasteiger partial charge in [0.25, 0.3) is 0 Å². The second kappa shape index (κ2) is 9.45. The highest BCUT2D eigenvalue weighted by molar-refractivity contribution is 7.89. The lowest BCUT2D eigenvalue weighted by Gasteiger charge is -2.33. The van der Waals surface area contributed by atoms with Gasteiger partial charge in [0.1, 0.15) is 0 Å². The van der Waals surface area contributed by atoms with E-state index in [1.54, 1.807) is 18.2 Å². The molecule has 0 unspecified atom stereocenters. The first-order valence-electron chi connectivity index (χ1n) is 9.94. The van der Waals surface area contributed by atoms with Crippen molar-refractivity contribution in [2.75, 3.05) is 40.4 Å². The van der Waals surface area contributed by atoms with E-state index in [9.17, 15) is 8.42 Å². The molecule has 0 bridgehead atoms. The van der Waals surface area contributed by atoms with Crippen molar-refractivity contribution in [1.29, 1.82) is 0 Å².